The molecule has 0 saturated heterocycles. The molecule has 2 aromatic carbocycles. The van der Waals surface area contributed by atoms with Gasteiger partial charge in [-0.05, 0) is 51.3 Å². The van der Waals surface area contributed by atoms with Gasteiger partial charge in [0.2, 0.25) is 21.8 Å². The maximum atomic E-state index is 13.5. The number of amides is 2. The lowest BCUT2D eigenvalue weighted by Gasteiger charge is -2.32. The maximum Gasteiger partial charge on any atom is 0.244 e. The van der Waals surface area contributed by atoms with Crippen molar-refractivity contribution in [2.45, 2.75) is 59.7 Å². The average molecular weight is 474 g/mol. The molecule has 0 aliphatic rings. The van der Waals surface area contributed by atoms with Gasteiger partial charge in [-0.1, -0.05) is 55.0 Å². The van der Waals surface area contributed by atoms with Crippen LogP contribution in [0.25, 0.3) is 0 Å². The number of nitrogens with one attached hydrogen (secondary N) is 1. The first-order chi connectivity index (χ1) is 15.4. The summed E-state index contributed by atoms with van der Waals surface area (Å²) >= 11 is 0. The summed E-state index contributed by atoms with van der Waals surface area (Å²) in [7, 11) is -3.73. The molecule has 0 aromatic heterocycles. The van der Waals surface area contributed by atoms with Crippen molar-refractivity contribution in [1.82, 2.24) is 10.2 Å². The van der Waals surface area contributed by atoms with Gasteiger partial charge in [0.25, 0.3) is 0 Å². The Bertz CT molecular complexity index is 1070. The summed E-state index contributed by atoms with van der Waals surface area (Å²) in [4.78, 5) is 27.8. The van der Waals surface area contributed by atoms with Crippen LogP contribution in [0.4, 0.5) is 5.69 Å². The van der Waals surface area contributed by atoms with Crippen molar-refractivity contribution < 1.29 is 18.0 Å². The lowest BCUT2D eigenvalue weighted by Crippen LogP contribution is -2.52. The first-order valence-electron chi connectivity index (χ1n) is 11.1. The van der Waals surface area contributed by atoms with Crippen LogP contribution in [-0.4, -0.2) is 50.0 Å². The lowest BCUT2D eigenvalue weighted by atomic mass is 10.1. The third-order valence-electron chi connectivity index (χ3n) is 5.71. The predicted molar refractivity (Wildman–Crippen MR) is 132 cm³/mol. The molecule has 0 aliphatic carbocycles. The zero-order valence-corrected chi connectivity index (χ0v) is 21.1. The molecule has 0 spiro atoms. The minimum atomic E-state index is -3.73. The van der Waals surface area contributed by atoms with E-state index in [1.807, 2.05) is 51.1 Å². The van der Waals surface area contributed by atoms with Gasteiger partial charge < -0.3 is 10.2 Å². The van der Waals surface area contributed by atoms with E-state index < -0.39 is 28.5 Å². The van der Waals surface area contributed by atoms with Crippen molar-refractivity contribution >= 4 is 27.5 Å². The summed E-state index contributed by atoms with van der Waals surface area (Å²) in [6.45, 7) is 9.11. The summed E-state index contributed by atoms with van der Waals surface area (Å²) in [6.07, 6.45) is 1.84. The van der Waals surface area contributed by atoms with Crippen LogP contribution in [0, 0.1) is 13.8 Å². The number of sulfonamides is 1. The molecule has 0 unspecified atom stereocenters. The second kappa shape index (κ2) is 11.3. The fourth-order valence-corrected chi connectivity index (χ4v) is 4.28. The Morgan fingerprint density at radius 2 is 1.61 bits per heavy atom. The van der Waals surface area contributed by atoms with E-state index in [1.54, 1.807) is 32.0 Å². The van der Waals surface area contributed by atoms with Crippen LogP contribution < -0.4 is 9.62 Å². The van der Waals surface area contributed by atoms with Crippen LogP contribution in [0.5, 0.6) is 0 Å². The number of hydrogen-bond acceptors (Lipinski definition) is 4. The van der Waals surface area contributed by atoms with Gasteiger partial charge in [-0.25, -0.2) is 8.42 Å². The maximum absolute atomic E-state index is 13.5. The van der Waals surface area contributed by atoms with E-state index >= 15 is 0 Å². The molecule has 0 heterocycles. The number of carbonyl (C=O) groups excluding carboxylic acids is 2. The van der Waals surface area contributed by atoms with Crippen LogP contribution in [0.15, 0.2) is 48.5 Å². The molecule has 0 radical (unpaired) electrons. The zero-order chi connectivity index (χ0) is 24.8. The van der Waals surface area contributed by atoms with E-state index in [4.69, 9.17) is 0 Å². The van der Waals surface area contributed by atoms with Crippen LogP contribution in [0.3, 0.4) is 0 Å². The summed E-state index contributed by atoms with van der Waals surface area (Å²) < 4.78 is 26.3. The van der Waals surface area contributed by atoms with E-state index in [0.29, 0.717) is 5.69 Å². The SMILES string of the molecule is CC[C@@H](C)NC(=O)[C@@H](C)N(Cc1ccc(C)cc1)C(=O)CN(c1ccccc1C)S(C)(=O)=O. The Hall–Kier alpha value is -2.87. The van der Waals surface area contributed by atoms with Crippen molar-refractivity contribution in [1.29, 1.82) is 0 Å². The Morgan fingerprint density at radius 3 is 2.15 bits per heavy atom. The second-order valence-electron chi connectivity index (χ2n) is 8.56. The summed E-state index contributed by atoms with van der Waals surface area (Å²) in [5.41, 5.74) is 3.13. The quantitative estimate of drug-likeness (QED) is 0.573. The first kappa shape index (κ1) is 26.4. The van der Waals surface area contributed by atoms with Crippen molar-refractivity contribution in [2.75, 3.05) is 17.1 Å². The minimum absolute atomic E-state index is 0.0317. The highest BCUT2D eigenvalue weighted by atomic mass is 32.2. The highest BCUT2D eigenvalue weighted by Crippen LogP contribution is 2.23. The van der Waals surface area contributed by atoms with Gasteiger partial charge in [0, 0.05) is 12.6 Å². The standard InChI is InChI=1S/C25H35N3O4S/c1-7-20(4)26-25(30)21(5)27(16-22-14-12-18(2)13-15-22)24(29)17-28(33(6,31)32)23-11-9-8-10-19(23)3/h8-15,20-21H,7,16-17H2,1-6H3,(H,26,30)/t20-,21-/m1/s1. The first-order valence-corrected chi connectivity index (χ1v) is 13.0. The molecule has 2 aromatic rings. The van der Waals surface area contributed by atoms with Crippen molar-refractivity contribution in [3.05, 3.63) is 65.2 Å². The Balaban J connectivity index is 2.39. The highest BCUT2D eigenvalue weighted by molar-refractivity contribution is 7.92. The predicted octanol–water partition coefficient (Wildman–Crippen LogP) is 3.40. The number of nitrogens with zero attached hydrogens (tertiary/aromatic N) is 2. The lowest BCUT2D eigenvalue weighted by molar-refractivity contribution is -0.139. The molecule has 0 fully saturated rings. The van der Waals surface area contributed by atoms with E-state index in [1.165, 1.54) is 4.90 Å². The average Bonchev–Trinajstić information content (AvgIpc) is 2.76. The third kappa shape index (κ3) is 7.32. The van der Waals surface area contributed by atoms with Gasteiger partial charge >= 0.3 is 0 Å². The van der Waals surface area contributed by atoms with Crippen LogP contribution in [0.2, 0.25) is 0 Å². The third-order valence-corrected chi connectivity index (χ3v) is 6.83. The fraction of sp³-hybridized carbons (Fsp3) is 0.440. The molecule has 0 bridgehead atoms. The van der Waals surface area contributed by atoms with Gasteiger partial charge in [0.05, 0.1) is 11.9 Å². The number of aryl methyl sites for hydroxylation is 2. The van der Waals surface area contributed by atoms with Gasteiger partial charge in [-0.2, -0.15) is 0 Å². The molecule has 7 nitrogen and oxygen atoms in total. The largest absolute Gasteiger partial charge is 0.352 e. The monoisotopic (exact) mass is 473 g/mol. The number of para-hydroxylation sites is 1. The molecule has 2 atom stereocenters. The summed E-state index contributed by atoms with van der Waals surface area (Å²) in [5, 5.41) is 2.92. The van der Waals surface area contributed by atoms with E-state index in [9.17, 15) is 18.0 Å². The minimum Gasteiger partial charge on any atom is -0.352 e. The molecule has 2 amide bonds. The van der Waals surface area contributed by atoms with Crippen molar-refractivity contribution in [3.8, 4) is 0 Å². The van der Waals surface area contributed by atoms with Gasteiger partial charge in [-0.15, -0.1) is 0 Å². The van der Waals surface area contributed by atoms with Gasteiger partial charge in [-0.3, -0.25) is 13.9 Å². The van der Waals surface area contributed by atoms with E-state index in [0.717, 1.165) is 33.7 Å². The van der Waals surface area contributed by atoms with E-state index in [-0.39, 0.29) is 18.5 Å². The molecule has 180 valence electrons. The molecule has 0 saturated carbocycles. The van der Waals surface area contributed by atoms with Gasteiger partial charge in [0.1, 0.15) is 12.6 Å². The smallest absolute Gasteiger partial charge is 0.244 e. The van der Waals surface area contributed by atoms with Crippen LogP contribution in [-0.2, 0) is 26.2 Å². The molecule has 1 N–H and O–H groups in total. The molecule has 0 aliphatic heterocycles. The van der Waals surface area contributed by atoms with E-state index in [2.05, 4.69) is 5.32 Å². The number of anilines is 1. The zero-order valence-electron chi connectivity index (χ0n) is 20.3. The Morgan fingerprint density at radius 1 is 1.00 bits per heavy atom. The second-order valence-corrected chi connectivity index (χ2v) is 10.5. The Kier molecular flexibility index (Phi) is 9.05. The Labute approximate surface area is 197 Å². The normalized spacial score (nSPS) is 13.2. The highest BCUT2D eigenvalue weighted by Gasteiger charge is 2.30. The number of rotatable bonds is 10. The van der Waals surface area contributed by atoms with Crippen LogP contribution >= 0.6 is 0 Å². The van der Waals surface area contributed by atoms with Crippen molar-refractivity contribution in [2.24, 2.45) is 0 Å². The molecule has 8 heteroatoms. The fourth-order valence-electron chi connectivity index (χ4n) is 3.38. The van der Waals surface area contributed by atoms with Crippen molar-refractivity contribution in [3.63, 3.8) is 0 Å². The molecular weight excluding hydrogens is 438 g/mol. The van der Waals surface area contributed by atoms with Crippen LogP contribution in [0.1, 0.15) is 43.9 Å². The summed E-state index contributed by atoms with van der Waals surface area (Å²) in [6, 6.07) is 13.9. The number of hydrogen-bond donors (Lipinski definition) is 1. The number of benzene rings is 2. The van der Waals surface area contributed by atoms with Gasteiger partial charge in [0.15, 0.2) is 0 Å². The number of carbonyl (C=O) groups is 2. The molecule has 2 rings (SSSR count). The molecule has 33 heavy (non-hydrogen) atoms. The molecular formula is C25H35N3O4S. The summed E-state index contributed by atoms with van der Waals surface area (Å²) in [5.74, 6) is -0.720. The topological polar surface area (TPSA) is 86.8 Å².